The van der Waals surface area contributed by atoms with E-state index in [9.17, 15) is 0 Å². The van der Waals surface area contributed by atoms with E-state index in [1.165, 1.54) is 22.2 Å². The van der Waals surface area contributed by atoms with E-state index >= 15 is 0 Å². The zero-order valence-corrected chi connectivity index (χ0v) is 14.7. The molecule has 0 unspecified atom stereocenters. The Morgan fingerprint density at radius 2 is 2.13 bits per heavy atom. The fourth-order valence-electron chi connectivity index (χ4n) is 1.72. The second kappa shape index (κ2) is 6.06. The van der Waals surface area contributed by atoms with Crippen LogP contribution in [0.4, 0.5) is 0 Å². The molecule has 2 aromatic rings. The first-order valence-electron chi connectivity index (χ1n) is 5.52. The molecule has 0 nitrogen and oxygen atoms in total. The summed E-state index contributed by atoms with van der Waals surface area (Å²) in [5.41, 5.74) is 0. The molecular weight excluding hydrogens is 327 g/mol. The molecule has 2 heterocycles. The van der Waals surface area contributed by atoms with Gasteiger partial charge in [-0.3, -0.25) is 0 Å². The van der Waals surface area contributed by atoms with Gasteiger partial charge in [-0.25, -0.2) is 0 Å². The Morgan fingerprint density at radius 3 is 2.87 bits per heavy atom. The third kappa shape index (κ3) is 3.08. The fraction of sp³-hybridized carbons (Fsp3) is 0.333. The monoisotopic (exact) mass is 344 g/mol. The molecular formula is C12H16S2Sn. The van der Waals surface area contributed by atoms with Crippen molar-refractivity contribution in [3.63, 3.8) is 0 Å². The number of thiophene rings is 2. The van der Waals surface area contributed by atoms with Gasteiger partial charge in [0, 0.05) is 0 Å². The van der Waals surface area contributed by atoms with Crippen LogP contribution in [-0.4, -0.2) is 21.1 Å². The molecule has 0 aliphatic carbocycles. The first-order valence-corrected chi connectivity index (χ1v) is 12.1. The fourth-order valence-corrected chi connectivity index (χ4v) is 11.0. The van der Waals surface area contributed by atoms with Crippen LogP contribution in [0.1, 0.15) is 19.8 Å². The summed E-state index contributed by atoms with van der Waals surface area (Å²) < 4.78 is 3.28. The Bertz CT molecular complexity index is 389. The van der Waals surface area contributed by atoms with Crippen LogP contribution >= 0.6 is 22.7 Å². The second-order valence-corrected chi connectivity index (χ2v) is 11.2. The van der Waals surface area contributed by atoms with Gasteiger partial charge in [-0.15, -0.1) is 0 Å². The van der Waals surface area contributed by atoms with Crippen LogP contribution in [0.2, 0.25) is 4.44 Å². The molecule has 0 saturated heterocycles. The SMILES string of the molecule is CCC[CH2][SnH2][c]1ccsc1-c1cccs1. The van der Waals surface area contributed by atoms with Gasteiger partial charge < -0.3 is 0 Å². The molecule has 2 rings (SSSR count). The van der Waals surface area contributed by atoms with Gasteiger partial charge in [0.25, 0.3) is 0 Å². The zero-order valence-electron chi connectivity index (χ0n) is 9.03. The minimum atomic E-state index is -0.657. The first kappa shape index (κ1) is 11.7. The number of unbranched alkanes of at least 4 members (excludes halogenated alkanes) is 1. The summed E-state index contributed by atoms with van der Waals surface area (Å²) in [5.74, 6) is 0. The standard InChI is InChI=1S/C8H5S2.C4H9.Sn.2H/c1-3-7(9-5-1)8-4-2-6-10-8;1-3-4-2;;;/h1-3,5-6H;1,3-4H2,2H3;;;. The van der Waals surface area contributed by atoms with Crippen molar-refractivity contribution in [2.24, 2.45) is 0 Å². The number of hydrogen-bond donors (Lipinski definition) is 0. The molecule has 0 aromatic carbocycles. The van der Waals surface area contributed by atoms with Gasteiger partial charge in [0.15, 0.2) is 0 Å². The summed E-state index contributed by atoms with van der Waals surface area (Å²) >= 11 is 3.15. The molecule has 0 aliphatic rings. The van der Waals surface area contributed by atoms with Crippen LogP contribution in [-0.2, 0) is 0 Å². The molecule has 15 heavy (non-hydrogen) atoms. The van der Waals surface area contributed by atoms with E-state index in [4.69, 9.17) is 0 Å². The van der Waals surface area contributed by atoms with E-state index < -0.39 is 21.1 Å². The van der Waals surface area contributed by atoms with E-state index in [0.717, 1.165) is 0 Å². The van der Waals surface area contributed by atoms with Crippen LogP contribution in [0.3, 0.4) is 0 Å². The Kier molecular flexibility index (Phi) is 4.72. The summed E-state index contributed by atoms with van der Waals surface area (Å²) in [5, 5.41) is 4.45. The van der Waals surface area contributed by atoms with Gasteiger partial charge in [0.05, 0.1) is 0 Å². The average Bonchev–Trinajstić information content (AvgIpc) is 2.87. The molecule has 0 saturated carbocycles. The van der Waals surface area contributed by atoms with Gasteiger partial charge >= 0.3 is 110 Å². The molecule has 80 valence electrons. The summed E-state index contributed by atoms with van der Waals surface area (Å²) in [6.45, 7) is 2.29. The maximum absolute atomic E-state index is 2.38. The predicted molar refractivity (Wildman–Crippen MR) is 75.5 cm³/mol. The van der Waals surface area contributed by atoms with Crippen molar-refractivity contribution in [3.05, 3.63) is 29.0 Å². The molecule has 0 amide bonds. The van der Waals surface area contributed by atoms with Crippen molar-refractivity contribution in [1.82, 2.24) is 0 Å². The molecule has 3 heteroatoms. The second-order valence-electron chi connectivity index (χ2n) is 3.71. The third-order valence-corrected chi connectivity index (χ3v) is 10.9. The first-order chi connectivity index (χ1) is 7.42. The average molecular weight is 343 g/mol. The van der Waals surface area contributed by atoms with Crippen LogP contribution in [0.15, 0.2) is 29.0 Å². The minimum absolute atomic E-state index is 0.657. The maximum atomic E-state index is 2.38. The van der Waals surface area contributed by atoms with E-state index in [1.54, 1.807) is 8.46 Å². The Hall–Kier alpha value is 0.199. The van der Waals surface area contributed by atoms with Crippen LogP contribution in [0, 0.1) is 0 Å². The van der Waals surface area contributed by atoms with E-state index in [2.05, 4.69) is 35.9 Å². The topological polar surface area (TPSA) is 0 Å². The summed E-state index contributed by atoms with van der Waals surface area (Å²) in [7, 11) is 0. The van der Waals surface area contributed by atoms with Crippen LogP contribution in [0.5, 0.6) is 0 Å². The molecule has 0 bridgehead atoms. The molecule has 0 radical (unpaired) electrons. The third-order valence-electron chi connectivity index (χ3n) is 2.54. The van der Waals surface area contributed by atoms with Gasteiger partial charge in [0.1, 0.15) is 0 Å². The van der Waals surface area contributed by atoms with Gasteiger partial charge in [0.2, 0.25) is 0 Å². The van der Waals surface area contributed by atoms with Crippen molar-refractivity contribution < 1.29 is 0 Å². The van der Waals surface area contributed by atoms with Crippen molar-refractivity contribution in [2.75, 3.05) is 0 Å². The predicted octanol–water partition coefficient (Wildman–Crippen LogP) is 3.49. The van der Waals surface area contributed by atoms with Gasteiger partial charge in [-0.05, 0) is 0 Å². The quantitative estimate of drug-likeness (QED) is 0.576. The number of hydrogen-bond acceptors (Lipinski definition) is 2. The Morgan fingerprint density at radius 1 is 1.20 bits per heavy atom. The molecule has 0 aliphatic heterocycles. The normalized spacial score (nSPS) is 11.5. The van der Waals surface area contributed by atoms with Crippen molar-refractivity contribution in [3.8, 4) is 9.75 Å². The summed E-state index contributed by atoms with van der Waals surface area (Å²) in [6.07, 6.45) is 2.80. The van der Waals surface area contributed by atoms with Crippen LogP contribution in [0.25, 0.3) is 9.75 Å². The molecule has 0 spiro atoms. The molecule has 0 fully saturated rings. The van der Waals surface area contributed by atoms with Crippen molar-refractivity contribution in [1.29, 1.82) is 0 Å². The summed E-state index contributed by atoms with van der Waals surface area (Å²) in [4.78, 5) is 3.06. The van der Waals surface area contributed by atoms with Crippen molar-refractivity contribution in [2.45, 2.75) is 24.2 Å². The zero-order chi connectivity index (χ0) is 10.5. The van der Waals surface area contributed by atoms with Gasteiger partial charge in [-0.2, -0.15) is 0 Å². The molecule has 0 atom stereocenters. The van der Waals surface area contributed by atoms with Gasteiger partial charge in [-0.1, -0.05) is 0 Å². The number of rotatable bonds is 5. The molecule has 0 N–H and O–H groups in total. The Labute approximate surface area is 110 Å². The van der Waals surface area contributed by atoms with Crippen molar-refractivity contribution >= 4 is 47.4 Å². The molecule has 2 aromatic heterocycles. The summed E-state index contributed by atoms with van der Waals surface area (Å²) in [6, 6.07) is 6.79. The van der Waals surface area contributed by atoms with E-state index in [-0.39, 0.29) is 0 Å². The Balaban J connectivity index is 2.09. The van der Waals surface area contributed by atoms with Crippen LogP contribution < -0.4 is 3.58 Å². The van der Waals surface area contributed by atoms with E-state index in [0.29, 0.717) is 0 Å². The van der Waals surface area contributed by atoms with E-state index in [1.807, 2.05) is 22.7 Å².